The molecule has 0 fully saturated rings. The molecule has 1 aromatic heterocycles. The zero-order chi connectivity index (χ0) is 13.1. The fraction of sp³-hybridized carbons (Fsp3) is 0.231. The van der Waals surface area contributed by atoms with E-state index in [1.165, 1.54) is 0 Å². The van der Waals surface area contributed by atoms with Crippen LogP contribution < -0.4 is 17.2 Å². The highest BCUT2D eigenvalue weighted by Crippen LogP contribution is 2.27. The molecule has 0 unspecified atom stereocenters. The Bertz CT molecular complexity index is 601. The Balaban J connectivity index is 2.61. The zero-order valence-electron chi connectivity index (χ0n) is 10.2. The first kappa shape index (κ1) is 12.2. The molecule has 1 aromatic carbocycles. The summed E-state index contributed by atoms with van der Waals surface area (Å²) in [4.78, 5) is 17.9. The molecule has 0 spiro atoms. The van der Waals surface area contributed by atoms with Crippen LogP contribution in [0.15, 0.2) is 29.1 Å². The molecule has 0 radical (unpaired) electrons. The van der Waals surface area contributed by atoms with Gasteiger partial charge in [-0.15, -0.1) is 0 Å². The summed E-state index contributed by atoms with van der Waals surface area (Å²) in [5, 5.41) is 0. The summed E-state index contributed by atoms with van der Waals surface area (Å²) in [5.41, 5.74) is 14.3. The number of hydrogen-bond donors (Lipinski definition) is 3. The normalized spacial score (nSPS) is 10.5. The quantitative estimate of drug-likeness (QED) is 0.713. The van der Waals surface area contributed by atoms with Crippen LogP contribution >= 0.6 is 0 Å². The number of nitrogens with one attached hydrogen (secondary N) is 1. The molecule has 94 valence electrons. The Morgan fingerprint density at radius 1 is 1.22 bits per heavy atom. The van der Waals surface area contributed by atoms with Crippen molar-refractivity contribution in [2.75, 3.05) is 11.5 Å². The van der Waals surface area contributed by atoms with E-state index in [0.717, 1.165) is 29.7 Å². The van der Waals surface area contributed by atoms with Crippen molar-refractivity contribution in [1.29, 1.82) is 0 Å². The topological polar surface area (TPSA) is 97.8 Å². The van der Waals surface area contributed by atoms with Gasteiger partial charge in [-0.3, -0.25) is 0 Å². The van der Waals surface area contributed by atoms with Gasteiger partial charge in [0.15, 0.2) is 0 Å². The first-order valence-electron chi connectivity index (χ1n) is 5.86. The highest BCUT2D eigenvalue weighted by molar-refractivity contribution is 5.76. The average molecular weight is 244 g/mol. The van der Waals surface area contributed by atoms with Crippen LogP contribution in [0.3, 0.4) is 0 Å². The van der Waals surface area contributed by atoms with E-state index in [0.29, 0.717) is 5.69 Å². The first-order chi connectivity index (χ1) is 8.61. The number of aryl methyl sites for hydroxylation is 1. The van der Waals surface area contributed by atoms with E-state index in [9.17, 15) is 4.79 Å². The van der Waals surface area contributed by atoms with Crippen molar-refractivity contribution in [3.8, 4) is 11.1 Å². The van der Waals surface area contributed by atoms with Gasteiger partial charge in [-0.05, 0) is 24.1 Å². The van der Waals surface area contributed by atoms with Crippen molar-refractivity contribution in [1.82, 2.24) is 9.97 Å². The number of nitrogens with two attached hydrogens (primary N) is 2. The summed E-state index contributed by atoms with van der Waals surface area (Å²) in [6.07, 6.45) is 1.67. The van der Waals surface area contributed by atoms with Crippen molar-refractivity contribution in [3.05, 3.63) is 40.4 Å². The third-order valence-corrected chi connectivity index (χ3v) is 2.74. The molecule has 0 amide bonds. The molecule has 5 N–H and O–H groups in total. The van der Waals surface area contributed by atoms with Gasteiger partial charge in [0.25, 0.3) is 0 Å². The fourth-order valence-electron chi connectivity index (χ4n) is 1.95. The van der Waals surface area contributed by atoms with Gasteiger partial charge in [-0.2, -0.15) is 4.98 Å². The summed E-state index contributed by atoms with van der Waals surface area (Å²) in [5.74, 6) is 0.256. The van der Waals surface area contributed by atoms with Crippen LogP contribution in [0.5, 0.6) is 0 Å². The maximum atomic E-state index is 11.4. The molecule has 0 aliphatic carbocycles. The van der Waals surface area contributed by atoms with Crippen LogP contribution in [0.2, 0.25) is 0 Å². The third kappa shape index (κ3) is 2.34. The fourth-order valence-corrected chi connectivity index (χ4v) is 1.95. The number of hydrogen-bond acceptors (Lipinski definition) is 4. The molecule has 0 saturated heterocycles. The molecule has 1 heterocycles. The van der Waals surface area contributed by atoms with Crippen LogP contribution in [-0.2, 0) is 6.42 Å². The number of aromatic amines is 1. The van der Waals surface area contributed by atoms with Crippen molar-refractivity contribution in [3.63, 3.8) is 0 Å². The molecule has 0 aliphatic rings. The number of anilines is 2. The zero-order valence-corrected chi connectivity index (χ0v) is 10.2. The Hall–Kier alpha value is -2.30. The molecule has 5 nitrogen and oxygen atoms in total. The van der Waals surface area contributed by atoms with E-state index >= 15 is 0 Å². The van der Waals surface area contributed by atoms with Gasteiger partial charge in [-0.25, -0.2) is 4.79 Å². The molecule has 5 heteroatoms. The van der Waals surface area contributed by atoms with E-state index in [1.54, 1.807) is 12.1 Å². The molecule has 18 heavy (non-hydrogen) atoms. The predicted molar refractivity (Wildman–Crippen MR) is 73.1 cm³/mol. The highest BCUT2D eigenvalue weighted by Gasteiger charge is 2.11. The molecule has 0 atom stereocenters. The molecule has 0 bridgehead atoms. The second kappa shape index (κ2) is 4.91. The van der Waals surface area contributed by atoms with Gasteiger partial charge in [0.1, 0.15) is 5.82 Å². The van der Waals surface area contributed by atoms with Crippen LogP contribution in [0.1, 0.15) is 19.0 Å². The summed E-state index contributed by atoms with van der Waals surface area (Å²) in [7, 11) is 0. The molecule has 0 saturated carbocycles. The lowest BCUT2D eigenvalue weighted by Gasteiger charge is -2.10. The highest BCUT2D eigenvalue weighted by atomic mass is 16.1. The smallest absolute Gasteiger partial charge is 0.347 e. The van der Waals surface area contributed by atoms with E-state index in [4.69, 9.17) is 11.5 Å². The summed E-state index contributed by atoms with van der Waals surface area (Å²) >= 11 is 0. The summed E-state index contributed by atoms with van der Waals surface area (Å²) in [6, 6.07) is 7.35. The molecule has 2 aromatic rings. The van der Waals surface area contributed by atoms with Gasteiger partial charge in [0, 0.05) is 16.9 Å². The second-order valence-electron chi connectivity index (χ2n) is 4.15. The van der Waals surface area contributed by atoms with Gasteiger partial charge in [0.05, 0.1) is 0 Å². The molecule has 2 rings (SSSR count). The Labute approximate surface area is 105 Å². The SMILES string of the molecule is CCCc1[nH]c(=O)nc(N)c1-c1ccc(N)cc1. The lowest BCUT2D eigenvalue weighted by Crippen LogP contribution is -2.17. The van der Waals surface area contributed by atoms with E-state index in [-0.39, 0.29) is 5.82 Å². The average Bonchev–Trinajstić information content (AvgIpc) is 2.31. The van der Waals surface area contributed by atoms with Gasteiger partial charge < -0.3 is 16.5 Å². The standard InChI is InChI=1S/C13H16N4O/c1-2-3-10-11(12(15)17-13(18)16-10)8-4-6-9(14)7-5-8/h4-7H,2-3,14H2,1H3,(H3,15,16,17,18). The lowest BCUT2D eigenvalue weighted by atomic mass is 10.0. The number of benzene rings is 1. The van der Waals surface area contributed by atoms with Crippen LogP contribution in [0.4, 0.5) is 11.5 Å². The van der Waals surface area contributed by atoms with Gasteiger partial charge >= 0.3 is 5.69 Å². The van der Waals surface area contributed by atoms with E-state index in [1.807, 2.05) is 19.1 Å². The number of H-pyrrole nitrogens is 1. The maximum absolute atomic E-state index is 11.4. The Morgan fingerprint density at radius 2 is 1.89 bits per heavy atom. The second-order valence-corrected chi connectivity index (χ2v) is 4.15. The number of rotatable bonds is 3. The van der Waals surface area contributed by atoms with Gasteiger partial charge in [-0.1, -0.05) is 25.5 Å². The summed E-state index contributed by atoms with van der Waals surface area (Å²) in [6.45, 7) is 2.04. The minimum Gasteiger partial charge on any atom is -0.399 e. The Kier molecular flexibility index (Phi) is 3.32. The van der Waals surface area contributed by atoms with E-state index < -0.39 is 5.69 Å². The van der Waals surface area contributed by atoms with E-state index in [2.05, 4.69) is 9.97 Å². The van der Waals surface area contributed by atoms with Crippen molar-refractivity contribution >= 4 is 11.5 Å². The summed E-state index contributed by atoms with van der Waals surface area (Å²) < 4.78 is 0. The molecule has 0 aliphatic heterocycles. The minimum absolute atomic E-state index is 0.256. The number of nitrogens with zero attached hydrogens (tertiary/aromatic N) is 1. The Morgan fingerprint density at radius 3 is 2.50 bits per heavy atom. The first-order valence-corrected chi connectivity index (χ1v) is 5.86. The van der Waals surface area contributed by atoms with Crippen LogP contribution in [0.25, 0.3) is 11.1 Å². The minimum atomic E-state index is -0.407. The van der Waals surface area contributed by atoms with Crippen molar-refractivity contribution in [2.24, 2.45) is 0 Å². The number of aromatic nitrogens is 2. The lowest BCUT2D eigenvalue weighted by molar-refractivity contribution is 0.863. The number of nitrogen functional groups attached to an aromatic ring is 2. The van der Waals surface area contributed by atoms with Crippen LogP contribution in [0, 0.1) is 0 Å². The van der Waals surface area contributed by atoms with Crippen molar-refractivity contribution in [2.45, 2.75) is 19.8 Å². The van der Waals surface area contributed by atoms with Crippen molar-refractivity contribution < 1.29 is 0 Å². The molecular weight excluding hydrogens is 228 g/mol. The maximum Gasteiger partial charge on any atom is 0.347 e. The predicted octanol–water partition coefficient (Wildman–Crippen LogP) is 1.55. The van der Waals surface area contributed by atoms with Gasteiger partial charge in [0.2, 0.25) is 0 Å². The largest absolute Gasteiger partial charge is 0.399 e. The van der Waals surface area contributed by atoms with Crippen LogP contribution in [-0.4, -0.2) is 9.97 Å². The monoisotopic (exact) mass is 244 g/mol. The molecular formula is C13H16N4O. The third-order valence-electron chi connectivity index (χ3n) is 2.74.